The van der Waals surface area contributed by atoms with E-state index in [1.54, 1.807) is 19.2 Å². The van der Waals surface area contributed by atoms with Crippen LogP contribution in [0.5, 0.6) is 0 Å². The van der Waals surface area contributed by atoms with Crippen LogP contribution in [0.3, 0.4) is 0 Å². The van der Waals surface area contributed by atoms with Crippen LogP contribution < -0.4 is 4.90 Å². The molecule has 0 N–H and O–H groups in total. The SMILES string of the molecule is COC1CN(c2nnc(Cc3ccccc3F)s2)CCC1C. The summed E-state index contributed by atoms with van der Waals surface area (Å²) in [6.45, 7) is 4.02. The predicted molar refractivity (Wildman–Crippen MR) is 85.9 cm³/mol. The number of anilines is 1. The monoisotopic (exact) mass is 321 g/mol. The number of aromatic nitrogens is 2. The van der Waals surface area contributed by atoms with Gasteiger partial charge in [0.05, 0.1) is 6.10 Å². The van der Waals surface area contributed by atoms with Gasteiger partial charge in [-0.2, -0.15) is 0 Å². The maximum Gasteiger partial charge on any atom is 0.208 e. The summed E-state index contributed by atoms with van der Waals surface area (Å²) < 4.78 is 19.2. The lowest BCUT2D eigenvalue weighted by molar-refractivity contribution is 0.0498. The summed E-state index contributed by atoms with van der Waals surface area (Å²) in [7, 11) is 1.76. The average Bonchev–Trinajstić information content (AvgIpc) is 2.99. The first-order chi connectivity index (χ1) is 10.7. The molecule has 22 heavy (non-hydrogen) atoms. The van der Waals surface area contributed by atoms with E-state index in [-0.39, 0.29) is 11.9 Å². The van der Waals surface area contributed by atoms with Crippen LogP contribution in [0.25, 0.3) is 0 Å². The van der Waals surface area contributed by atoms with E-state index in [0.29, 0.717) is 17.9 Å². The number of halogens is 1. The number of piperidine rings is 1. The van der Waals surface area contributed by atoms with Gasteiger partial charge in [0.15, 0.2) is 0 Å². The van der Waals surface area contributed by atoms with Crippen molar-refractivity contribution in [3.05, 3.63) is 40.7 Å². The van der Waals surface area contributed by atoms with Crippen LogP contribution in [0.4, 0.5) is 9.52 Å². The van der Waals surface area contributed by atoms with Gasteiger partial charge in [0.2, 0.25) is 5.13 Å². The Hall–Kier alpha value is -1.53. The molecule has 2 unspecified atom stereocenters. The molecule has 0 spiro atoms. The largest absolute Gasteiger partial charge is 0.379 e. The fraction of sp³-hybridized carbons (Fsp3) is 0.500. The normalized spacial score (nSPS) is 22.0. The fourth-order valence-electron chi connectivity index (χ4n) is 2.76. The summed E-state index contributed by atoms with van der Waals surface area (Å²) in [5.74, 6) is 0.373. The van der Waals surface area contributed by atoms with Gasteiger partial charge < -0.3 is 9.64 Å². The lowest BCUT2D eigenvalue weighted by Crippen LogP contribution is -2.43. The molecule has 0 saturated carbocycles. The first-order valence-electron chi connectivity index (χ1n) is 7.51. The molecule has 2 aromatic rings. The summed E-state index contributed by atoms with van der Waals surface area (Å²) in [5, 5.41) is 10.2. The number of methoxy groups -OCH3 is 1. The van der Waals surface area contributed by atoms with Crippen molar-refractivity contribution >= 4 is 16.5 Å². The van der Waals surface area contributed by atoms with E-state index in [4.69, 9.17) is 4.74 Å². The fourth-order valence-corrected chi connectivity index (χ4v) is 3.66. The van der Waals surface area contributed by atoms with Crippen molar-refractivity contribution < 1.29 is 9.13 Å². The standard InChI is InChI=1S/C16H20FN3OS/c1-11-7-8-20(10-14(11)21-2)16-19-18-15(22-16)9-12-5-3-4-6-13(12)17/h3-6,11,14H,7-10H2,1-2H3. The minimum Gasteiger partial charge on any atom is -0.379 e. The molecule has 0 radical (unpaired) electrons. The Bertz CT molecular complexity index is 633. The molecule has 1 fully saturated rings. The van der Waals surface area contributed by atoms with E-state index >= 15 is 0 Å². The Balaban J connectivity index is 1.70. The van der Waals surface area contributed by atoms with Gasteiger partial charge in [-0.1, -0.05) is 36.5 Å². The number of rotatable bonds is 4. The second kappa shape index (κ2) is 6.71. The van der Waals surface area contributed by atoms with Crippen LogP contribution in [0, 0.1) is 11.7 Å². The maximum atomic E-state index is 13.7. The van der Waals surface area contributed by atoms with Crippen molar-refractivity contribution in [3.63, 3.8) is 0 Å². The van der Waals surface area contributed by atoms with Crippen molar-refractivity contribution in [3.8, 4) is 0 Å². The predicted octanol–water partition coefficient (Wildman–Crippen LogP) is 3.13. The van der Waals surface area contributed by atoms with E-state index in [1.807, 2.05) is 6.07 Å². The van der Waals surface area contributed by atoms with Crippen molar-refractivity contribution in [2.75, 3.05) is 25.1 Å². The lowest BCUT2D eigenvalue weighted by atomic mass is 9.96. The zero-order chi connectivity index (χ0) is 15.5. The molecular weight excluding hydrogens is 301 g/mol. The molecule has 2 heterocycles. The highest BCUT2D eigenvalue weighted by molar-refractivity contribution is 7.15. The number of hydrogen-bond donors (Lipinski definition) is 0. The van der Waals surface area contributed by atoms with Gasteiger partial charge >= 0.3 is 0 Å². The third-order valence-corrected chi connectivity index (χ3v) is 5.20. The molecule has 2 atom stereocenters. The quantitative estimate of drug-likeness (QED) is 0.867. The van der Waals surface area contributed by atoms with E-state index in [2.05, 4.69) is 22.0 Å². The van der Waals surface area contributed by atoms with Gasteiger partial charge in [0.25, 0.3) is 0 Å². The first-order valence-corrected chi connectivity index (χ1v) is 8.32. The van der Waals surface area contributed by atoms with Gasteiger partial charge in [-0.05, 0) is 24.0 Å². The van der Waals surface area contributed by atoms with E-state index in [0.717, 1.165) is 29.6 Å². The van der Waals surface area contributed by atoms with Gasteiger partial charge in [-0.25, -0.2) is 4.39 Å². The highest BCUT2D eigenvalue weighted by Gasteiger charge is 2.27. The van der Waals surface area contributed by atoms with Crippen LogP contribution in [0.15, 0.2) is 24.3 Å². The molecule has 1 aromatic carbocycles. The Morgan fingerprint density at radius 2 is 2.18 bits per heavy atom. The summed E-state index contributed by atoms with van der Waals surface area (Å²) in [5.41, 5.74) is 0.659. The minimum atomic E-state index is -0.189. The summed E-state index contributed by atoms with van der Waals surface area (Å²) >= 11 is 1.54. The third-order valence-electron chi connectivity index (χ3n) is 4.22. The third kappa shape index (κ3) is 3.28. The molecule has 0 aliphatic carbocycles. The van der Waals surface area contributed by atoms with Crippen molar-refractivity contribution in [2.45, 2.75) is 25.9 Å². The Morgan fingerprint density at radius 3 is 2.95 bits per heavy atom. The molecule has 0 amide bonds. The topological polar surface area (TPSA) is 38.2 Å². The Morgan fingerprint density at radius 1 is 1.36 bits per heavy atom. The summed E-state index contributed by atoms with van der Waals surface area (Å²) in [6.07, 6.45) is 1.80. The van der Waals surface area contributed by atoms with Crippen molar-refractivity contribution in [2.24, 2.45) is 5.92 Å². The average molecular weight is 321 g/mol. The van der Waals surface area contributed by atoms with E-state index < -0.39 is 0 Å². The Kier molecular flexibility index (Phi) is 4.69. The zero-order valence-corrected chi connectivity index (χ0v) is 13.6. The molecule has 6 heteroatoms. The number of nitrogens with zero attached hydrogens (tertiary/aromatic N) is 3. The first kappa shape index (κ1) is 15.4. The molecule has 3 rings (SSSR count). The summed E-state index contributed by atoms with van der Waals surface area (Å²) in [4.78, 5) is 2.22. The molecule has 0 bridgehead atoms. The van der Waals surface area contributed by atoms with Crippen LogP contribution in [-0.2, 0) is 11.2 Å². The number of hydrogen-bond acceptors (Lipinski definition) is 5. The number of ether oxygens (including phenoxy) is 1. The maximum absolute atomic E-state index is 13.7. The summed E-state index contributed by atoms with van der Waals surface area (Å²) in [6, 6.07) is 6.81. The molecule has 1 aliphatic rings. The second-order valence-corrected chi connectivity index (χ2v) is 6.77. The van der Waals surface area contributed by atoms with Gasteiger partial charge in [0.1, 0.15) is 10.8 Å². The van der Waals surface area contributed by atoms with Gasteiger partial charge in [-0.3, -0.25) is 0 Å². The van der Waals surface area contributed by atoms with Crippen molar-refractivity contribution in [1.82, 2.24) is 10.2 Å². The molecule has 1 aliphatic heterocycles. The van der Waals surface area contributed by atoms with E-state index in [1.165, 1.54) is 17.4 Å². The van der Waals surface area contributed by atoms with Crippen LogP contribution in [0.2, 0.25) is 0 Å². The van der Waals surface area contributed by atoms with Crippen LogP contribution >= 0.6 is 11.3 Å². The smallest absolute Gasteiger partial charge is 0.208 e. The van der Waals surface area contributed by atoms with Crippen molar-refractivity contribution in [1.29, 1.82) is 0 Å². The highest BCUT2D eigenvalue weighted by Crippen LogP contribution is 2.28. The molecule has 4 nitrogen and oxygen atoms in total. The molecule has 1 saturated heterocycles. The minimum absolute atomic E-state index is 0.189. The van der Waals surface area contributed by atoms with Crippen LogP contribution in [0.1, 0.15) is 23.9 Å². The van der Waals surface area contributed by atoms with Crippen LogP contribution in [-0.4, -0.2) is 36.5 Å². The molecular formula is C16H20FN3OS. The zero-order valence-electron chi connectivity index (χ0n) is 12.8. The van der Waals surface area contributed by atoms with E-state index in [9.17, 15) is 4.39 Å². The number of benzene rings is 1. The van der Waals surface area contributed by atoms with Gasteiger partial charge in [0, 0.05) is 26.6 Å². The lowest BCUT2D eigenvalue weighted by Gasteiger charge is -2.35. The molecule has 1 aromatic heterocycles. The second-order valence-electron chi connectivity index (χ2n) is 5.73. The Labute approximate surface area is 133 Å². The highest BCUT2D eigenvalue weighted by atomic mass is 32.1. The molecule has 118 valence electrons. The van der Waals surface area contributed by atoms with Gasteiger partial charge in [-0.15, -0.1) is 10.2 Å².